The van der Waals surface area contributed by atoms with E-state index in [9.17, 15) is 0 Å². The van der Waals surface area contributed by atoms with Gasteiger partial charge in [0, 0.05) is 6.54 Å². The maximum absolute atomic E-state index is 4.36. The first kappa shape index (κ1) is 13.1. The molecule has 1 aliphatic carbocycles. The largest absolute Gasteiger partial charge is 0.317 e. The highest BCUT2D eigenvalue weighted by Crippen LogP contribution is 2.45. The van der Waals surface area contributed by atoms with E-state index in [4.69, 9.17) is 0 Å². The number of piperidine rings is 1. The minimum Gasteiger partial charge on any atom is -0.317 e. The van der Waals surface area contributed by atoms with Gasteiger partial charge in [0.15, 0.2) is 0 Å². The fraction of sp³-hybridized carbons (Fsp3) is 0.867. The molecule has 1 saturated carbocycles. The van der Waals surface area contributed by atoms with Crippen molar-refractivity contribution >= 4 is 0 Å². The zero-order chi connectivity index (χ0) is 13.0. The van der Waals surface area contributed by atoms with Crippen molar-refractivity contribution in [3.8, 4) is 0 Å². The molecule has 106 valence electrons. The van der Waals surface area contributed by atoms with Crippen LogP contribution in [0, 0.1) is 11.3 Å². The Kier molecular flexibility index (Phi) is 4.16. The molecule has 0 spiro atoms. The van der Waals surface area contributed by atoms with Crippen LogP contribution in [0.1, 0.15) is 51.4 Å². The molecule has 0 aromatic carbocycles. The first-order chi connectivity index (χ1) is 9.39. The molecule has 1 N–H and O–H groups in total. The number of rotatable bonds is 3. The van der Waals surface area contributed by atoms with Crippen molar-refractivity contribution in [1.29, 1.82) is 0 Å². The molecule has 0 radical (unpaired) electrons. The van der Waals surface area contributed by atoms with Gasteiger partial charge >= 0.3 is 0 Å². The smallest absolute Gasteiger partial charge is 0.137 e. The number of nitrogens with one attached hydrogen (secondary N) is 1. The van der Waals surface area contributed by atoms with Gasteiger partial charge in [0.25, 0.3) is 0 Å². The first-order valence-corrected chi connectivity index (χ1v) is 7.92. The normalized spacial score (nSPS) is 25.1. The highest BCUT2D eigenvalue weighted by atomic mass is 15.3. The quantitative estimate of drug-likeness (QED) is 0.852. The van der Waals surface area contributed by atoms with Crippen LogP contribution in [0.3, 0.4) is 0 Å². The molecule has 19 heavy (non-hydrogen) atoms. The van der Waals surface area contributed by atoms with Crippen LogP contribution in [0.2, 0.25) is 0 Å². The van der Waals surface area contributed by atoms with Crippen LogP contribution in [-0.2, 0) is 6.54 Å². The maximum atomic E-state index is 4.36. The minimum atomic E-state index is 0.462. The van der Waals surface area contributed by atoms with E-state index in [0.29, 0.717) is 5.41 Å². The number of aromatic nitrogens is 3. The van der Waals surface area contributed by atoms with Crippen LogP contribution >= 0.6 is 0 Å². The van der Waals surface area contributed by atoms with Crippen LogP contribution in [0.15, 0.2) is 12.7 Å². The van der Waals surface area contributed by atoms with E-state index in [1.165, 1.54) is 64.5 Å². The molecule has 2 heterocycles. The molecule has 4 heteroatoms. The Morgan fingerprint density at radius 3 is 2.47 bits per heavy atom. The Morgan fingerprint density at radius 2 is 1.84 bits per heavy atom. The summed E-state index contributed by atoms with van der Waals surface area (Å²) in [5.74, 6) is 0.890. The summed E-state index contributed by atoms with van der Waals surface area (Å²) in [6.07, 6.45) is 14.7. The topological polar surface area (TPSA) is 42.7 Å². The summed E-state index contributed by atoms with van der Waals surface area (Å²) in [6.45, 7) is 3.41. The van der Waals surface area contributed by atoms with E-state index in [1.807, 2.05) is 6.33 Å². The van der Waals surface area contributed by atoms with Crippen molar-refractivity contribution in [3.05, 3.63) is 12.7 Å². The summed E-state index contributed by atoms with van der Waals surface area (Å²) in [5, 5.41) is 7.89. The van der Waals surface area contributed by atoms with Gasteiger partial charge in [0.05, 0.1) is 0 Å². The molecule has 1 aromatic heterocycles. The molecule has 0 unspecified atom stereocenters. The summed E-state index contributed by atoms with van der Waals surface area (Å²) in [4.78, 5) is 4.12. The van der Waals surface area contributed by atoms with E-state index in [-0.39, 0.29) is 0 Å². The summed E-state index contributed by atoms with van der Waals surface area (Å²) in [6, 6.07) is 0. The van der Waals surface area contributed by atoms with Gasteiger partial charge in [-0.15, -0.1) is 0 Å². The summed E-state index contributed by atoms with van der Waals surface area (Å²) in [5.41, 5.74) is 0.462. The predicted molar refractivity (Wildman–Crippen MR) is 75.8 cm³/mol. The molecule has 2 aliphatic rings. The fourth-order valence-corrected chi connectivity index (χ4v) is 4.15. The van der Waals surface area contributed by atoms with Crippen LogP contribution in [0.25, 0.3) is 0 Å². The van der Waals surface area contributed by atoms with Crippen LogP contribution in [-0.4, -0.2) is 27.9 Å². The van der Waals surface area contributed by atoms with E-state index in [1.54, 1.807) is 6.33 Å². The van der Waals surface area contributed by atoms with E-state index in [0.717, 1.165) is 12.5 Å². The van der Waals surface area contributed by atoms with Crippen molar-refractivity contribution in [2.75, 3.05) is 13.1 Å². The summed E-state index contributed by atoms with van der Waals surface area (Å²) >= 11 is 0. The fourth-order valence-electron chi connectivity index (χ4n) is 4.15. The summed E-state index contributed by atoms with van der Waals surface area (Å²) in [7, 11) is 0. The molecular formula is C15H26N4. The van der Waals surface area contributed by atoms with Crippen molar-refractivity contribution in [2.45, 2.75) is 57.9 Å². The lowest BCUT2D eigenvalue weighted by molar-refractivity contribution is 0.0657. The van der Waals surface area contributed by atoms with E-state index in [2.05, 4.69) is 20.1 Å². The zero-order valence-electron chi connectivity index (χ0n) is 11.9. The third-order valence-electron chi connectivity index (χ3n) is 5.26. The van der Waals surface area contributed by atoms with Gasteiger partial charge in [-0.3, -0.25) is 4.68 Å². The van der Waals surface area contributed by atoms with Crippen LogP contribution in [0.4, 0.5) is 0 Å². The van der Waals surface area contributed by atoms with E-state index < -0.39 is 0 Å². The monoisotopic (exact) mass is 262 g/mol. The van der Waals surface area contributed by atoms with Gasteiger partial charge in [-0.25, -0.2) is 4.98 Å². The average molecular weight is 262 g/mol. The molecule has 0 atom stereocenters. The van der Waals surface area contributed by atoms with Gasteiger partial charge in [0.1, 0.15) is 12.7 Å². The SMILES string of the molecule is c1ncn(CC2(C3CCCCCC3)CCNCC2)n1. The molecule has 4 nitrogen and oxygen atoms in total. The lowest BCUT2D eigenvalue weighted by Gasteiger charge is -2.44. The molecule has 3 rings (SSSR count). The van der Waals surface area contributed by atoms with Gasteiger partial charge in [-0.2, -0.15) is 5.10 Å². The summed E-state index contributed by atoms with van der Waals surface area (Å²) < 4.78 is 2.07. The maximum Gasteiger partial charge on any atom is 0.137 e. The number of hydrogen-bond donors (Lipinski definition) is 1. The van der Waals surface area contributed by atoms with Crippen LogP contribution < -0.4 is 5.32 Å². The molecular weight excluding hydrogens is 236 g/mol. The van der Waals surface area contributed by atoms with Gasteiger partial charge in [-0.05, 0) is 50.1 Å². The Labute approximate surface area is 116 Å². The minimum absolute atomic E-state index is 0.462. The van der Waals surface area contributed by atoms with Crippen LogP contribution in [0.5, 0.6) is 0 Å². The van der Waals surface area contributed by atoms with Gasteiger partial charge < -0.3 is 5.32 Å². The molecule has 1 aliphatic heterocycles. The highest BCUT2D eigenvalue weighted by molar-refractivity contribution is 4.91. The molecule has 0 bridgehead atoms. The molecule has 2 fully saturated rings. The lowest BCUT2D eigenvalue weighted by atomic mass is 9.66. The van der Waals surface area contributed by atoms with E-state index >= 15 is 0 Å². The van der Waals surface area contributed by atoms with Crippen molar-refractivity contribution in [3.63, 3.8) is 0 Å². The second kappa shape index (κ2) is 6.04. The first-order valence-electron chi connectivity index (χ1n) is 7.92. The second-order valence-corrected chi connectivity index (χ2v) is 6.39. The van der Waals surface area contributed by atoms with Crippen molar-refractivity contribution < 1.29 is 0 Å². The van der Waals surface area contributed by atoms with Gasteiger partial charge in [-0.1, -0.05) is 25.7 Å². The standard InChI is InChI=1S/C15H26N4/c1-2-4-6-14(5-3-1)15(7-9-16-10-8-15)11-19-13-17-12-18-19/h12-14,16H,1-11H2. The lowest BCUT2D eigenvalue weighted by Crippen LogP contribution is -2.44. The van der Waals surface area contributed by atoms with Crippen molar-refractivity contribution in [2.24, 2.45) is 11.3 Å². The molecule has 0 amide bonds. The van der Waals surface area contributed by atoms with Gasteiger partial charge in [0.2, 0.25) is 0 Å². The Morgan fingerprint density at radius 1 is 1.11 bits per heavy atom. The molecule has 1 saturated heterocycles. The Balaban J connectivity index is 1.78. The Hall–Kier alpha value is -0.900. The third kappa shape index (κ3) is 2.99. The third-order valence-corrected chi connectivity index (χ3v) is 5.26. The van der Waals surface area contributed by atoms with Crippen molar-refractivity contribution in [1.82, 2.24) is 20.1 Å². The Bertz CT molecular complexity index is 360. The average Bonchev–Trinajstić information content (AvgIpc) is 2.79. The zero-order valence-corrected chi connectivity index (χ0v) is 11.9. The highest BCUT2D eigenvalue weighted by Gasteiger charge is 2.40. The predicted octanol–water partition coefficient (Wildman–Crippen LogP) is 2.62. The second-order valence-electron chi connectivity index (χ2n) is 6.39. The molecule has 1 aromatic rings. The number of hydrogen-bond acceptors (Lipinski definition) is 3. The number of nitrogens with zero attached hydrogens (tertiary/aromatic N) is 3.